The van der Waals surface area contributed by atoms with Crippen LogP contribution in [0.4, 0.5) is 11.5 Å². The van der Waals surface area contributed by atoms with Gasteiger partial charge in [-0.05, 0) is 40.0 Å². The van der Waals surface area contributed by atoms with Crippen molar-refractivity contribution in [1.82, 2.24) is 4.98 Å². The van der Waals surface area contributed by atoms with Crippen LogP contribution >= 0.6 is 15.9 Å². The van der Waals surface area contributed by atoms with Crippen LogP contribution < -0.4 is 4.90 Å². The Hall–Kier alpha value is -1.86. The molecule has 18 heavy (non-hydrogen) atoms. The summed E-state index contributed by atoms with van der Waals surface area (Å²) in [7, 11) is 0. The van der Waals surface area contributed by atoms with Crippen molar-refractivity contribution in [2.24, 2.45) is 0 Å². The number of nitriles is 1. The number of hydrogen-bond donors (Lipinski definition) is 0. The van der Waals surface area contributed by atoms with E-state index in [0.717, 1.165) is 23.3 Å². The third kappa shape index (κ3) is 1.77. The van der Waals surface area contributed by atoms with Crippen LogP contribution in [-0.2, 0) is 6.42 Å². The van der Waals surface area contributed by atoms with Crippen molar-refractivity contribution in [3.8, 4) is 6.07 Å². The van der Waals surface area contributed by atoms with Gasteiger partial charge in [0.15, 0.2) is 0 Å². The van der Waals surface area contributed by atoms with E-state index in [1.54, 1.807) is 6.20 Å². The molecular weight excluding hydrogens is 290 g/mol. The van der Waals surface area contributed by atoms with Gasteiger partial charge in [-0.15, -0.1) is 0 Å². The summed E-state index contributed by atoms with van der Waals surface area (Å²) in [6.07, 6.45) is 2.64. The maximum atomic E-state index is 8.85. The molecule has 0 spiro atoms. The molecule has 0 bridgehead atoms. The Bertz CT molecular complexity index is 646. The lowest BCUT2D eigenvalue weighted by molar-refractivity contribution is 0.969. The van der Waals surface area contributed by atoms with Crippen LogP contribution in [0.2, 0.25) is 0 Å². The highest BCUT2D eigenvalue weighted by molar-refractivity contribution is 9.10. The van der Waals surface area contributed by atoms with Gasteiger partial charge in [0, 0.05) is 18.4 Å². The zero-order valence-electron chi connectivity index (χ0n) is 9.60. The summed E-state index contributed by atoms with van der Waals surface area (Å²) in [6, 6.07) is 12.2. The molecule has 0 unspecified atom stereocenters. The van der Waals surface area contributed by atoms with E-state index in [9.17, 15) is 0 Å². The van der Waals surface area contributed by atoms with Gasteiger partial charge in [-0.1, -0.05) is 18.2 Å². The lowest BCUT2D eigenvalue weighted by Crippen LogP contribution is -2.15. The minimum absolute atomic E-state index is 0.568. The summed E-state index contributed by atoms with van der Waals surface area (Å²) in [5.41, 5.74) is 3.11. The third-order valence-corrected chi connectivity index (χ3v) is 3.68. The first-order valence-electron chi connectivity index (χ1n) is 5.70. The predicted octanol–water partition coefficient (Wildman–Crippen LogP) is 3.41. The molecule has 0 saturated carbocycles. The van der Waals surface area contributed by atoms with E-state index < -0.39 is 0 Å². The Kier molecular flexibility index (Phi) is 2.77. The van der Waals surface area contributed by atoms with Gasteiger partial charge in [-0.3, -0.25) is 0 Å². The van der Waals surface area contributed by atoms with Crippen LogP contribution in [0.3, 0.4) is 0 Å². The first-order valence-corrected chi connectivity index (χ1v) is 6.50. The van der Waals surface area contributed by atoms with Crippen LogP contribution in [-0.4, -0.2) is 11.5 Å². The molecule has 1 aliphatic heterocycles. The van der Waals surface area contributed by atoms with Crippen molar-refractivity contribution in [2.75, 3.05) is 11.4 Å². The van der Waals surface area contributed by atoms with E-state index in [-0.39, 0.29) is 0 Å². The molecule has 0 radical (unpaired) electrons. The highest BCUT2D eigenvalue weighted by Crippen LogP contribution is 2.36. The number of fused-ring (bicyclic) bond motifs is 1. The molecule has 1 aromatic carbocycles. The average molecular weight is 300 g/mol. The lowest BCUT2D eigenvalue weighted by atomic mass is 10.2. The molecule has 0 saturated heterocycles. The number of hydrogen-bond acceptors (Lipinski definition) is 3. The number of aromatic nitrogens is 1. The minimum Gasteiger partial charge on any atom is -0.325 e. The van der Waals surface area contributed by atoms with Crippen molar-refractivity contribution < 1.29 is 0 Å². The van der Waals surface area contributed by atoms with Crippen LogP contribution in [0, 0.1) is 11.3 Å². The van der Waals surface area contributed by atoms with Crippen LogP contribution in [0.5, 0.6) is 0 Å². The molecular formula is C14H10BrN3. The van der Waals surface area contributed by atoms with Gasteiger partial charge in [0.2, 0.25) is 0 Å². The second-order valence-corrected chi connectivity index (χ2v) is 5.03. The van der Waals surface area contributed by atoms with E-state index in [1.807, 2.05) is 12.1 Å². The molecule has 4 heteroatoms. The highest BCUT2D eigenvalue weighted by atomic mass is 79.9. The minimum atomic E-state index is 0.568. The quantitative estimate of drug-likeness (QED) is 0.810. The fraction of sp³-hybridized carbons (Fsp3) is 0.143. The standard InChI is InChI=1S/C14H10BrN3/c15-12-7-10(8-16)9-17-14(12)18-6-5-11-3-1-2-4-13(11)18/h1-4,7,9H,5-6H2. The molecule has 2 heterocycles. The van der Waals surface area contributed by atoms with Gasteiger partial charge in [-0.2, -0.15) is 5.26 Å². The van der Waals surface area contributed by atoms with E-state index in [2.05, 4.69) is 50.1 Å². The number of pyridine rings is 1. The van der Waals surface area contributed by atoms with Gasteiger partial charge >= 0.3 is 0 Å². The largest absolute Gasteiger partial charge is 0.325 e. The Morgan fingerprint density at radius 2 is 2.17 bits per heavy atom. The van der Waals surface area contributed by atoms with Gasteiger partial charge in [0.05, 0.1) is 10.0 Å². The average Bonchev–Trinajstić information content (AvgIpc) is 2.82. The normalized spacial score (nSPS) is 13.2. The second-order valence-electron chi connectivity index (χ2n) is 4.17. The van der Waals surface area contributed by atoms with Crippen molar-refractivity contribution in [1.29, 1.82) is 5.26 Å². The molecule has 2 aromatic rings. The molecule has 0 atom stereocenters. The molecule has 3 rings (SSSR count). The summed E-state index contributed by atoms with van der Waals surface area (Å²) in [6.45, 7) is 0.927. The van der Waals surface area contributed by atoms with Gasteiger partial charge in [-0.25, -0.2) is 4.98 Å². The van der Waals surface area contributed by atoms with E-state index in [4.69, 9.17) is 5.26 Å². The molecule has 88 valence electrons. The highest BCUT2D eigenvalue weighted by Gasteiger charge is 2.22. The van der Waals surface area contributed by atoms with Crippen molar-refractivity contribution in [3.05, 3.63) is 52.1 Å². The number of anilines is 2. The molecule has 3 nitrogen and oxygen atoms in total. The van der Waals surface area contributed by atoms with Crippen molar-refractivity contribution in [2.45, 2.75) is 6.42 Å². The summed E-state index contributed by atoms with van der Waals surface area (Å²) in [4.78, 5) is 6.57. The molecule has 0 fully saturated rings. The summed E-state index contributed by atoms with van der Waals surface area (Å²) >= 11 is 3.49. The lowest BCUT2D eigenvalue weighted by Gasteiger charge is -2.19. The zero-order chi connectivity index (χ0) is 12.5. The maximum Gasteiger partial charge on any atom is 0.147 e. The van der Waals surface area contributed by atoms with Gasteiger partial charge < -0.3 is 4.90 Å². The maximum absolute atomic E-state index is 8.85. The molecule has 0 aliphatic carbocycles. The topological polar surface area (TPSA) is 39.9 Å². The Morgan fingerprint density at radius 1 is 1.33 bits per heavy atom. The molecule has 0 N–H and O–H groups in total. The smallest absolute Gasteiger partial charge is 0.147 e. The zero-order valence-corrected chi connectivity index (χ0v) is 11.2. The van der Waals surface area contributed by atoms with Gasteiger partial charge in [0.25, 0.3) is 0 Å². The second kappa shape index (κ2) is 4.43. The Labute approximate surface area is 114 Å². The van der Waals surface area contributed by atoms with Crippen LogP contribution in [0.15, 0.2) is 41.0 Å². The first-order chi connectivity index (χ1) is 8.79. The van der Waals surface area contributed by atoms with Crippen molar-refractivity contribution in [3.63, 3.8) is 0 Å². The first kappa shape index (κ1) is 11.2. The molecule has 1 aliphatic rings. The number of benzene rings is 1. The van der Waals surface area contributed by atoms with Crippen LogP contribution in [0.1, 0.15) is 11.1 Å². The van der Waals surface area contributed by atoms with Crippen LogP contribution in [0.25, 0.3) is 0 Å². The van der Waals surface area contributed by atoms with E-state index >= 15 is 0 Å². The number of para-hydroxylation sites is 1. The third-order valence-electron chi connectivity index (χ3n) is 3.09. The SMILES string of the molecule is N#Cc1cnc(N2CCc3ccccc32)c(Br)c1. The number of nitrogens with zero attached hydrogens (tertiary/aromatic N) is 3. The summed E-state index contributed by atoms with van der Waals surface area (Å²) < 4.78 is 0.859. The Morgan fingerprint density at radius 3 is 2.94 bits per heavy atom. The Balaban J connectivity index is 2.05. The van der Waals surface area contributed by atoms with Crippen molar-refractivity contribution >= 4 is 27.4 Å². The van der Waals surface area contributed by atoms with E-state index in [0.29, 0.717) is 5.56 Å². The monoisotopic (exact) mass is 299 g/mol. The molecule has 1 aromatic heterocycles. The molecule has 0 amide bonds. The summed E-state index contributed by atoms with van der Waals surface area (Å²) in [5, 5.41) is 8.85. The number of rotatable bonds is 1. The number of halogens is 1. The van der Waals surface area contributed by atoms with Gasteiger partial charge in [0.1, 0.15) is 11.9 Å². The fourth-order valence-electron chi connectivity index (χ4n) is 2.25. The summed E-state index contributed by atoms with van der Waals surface area (Å²) in [5.74, 6) is 0.874. The fourth-order valence-corrected chi connectivity index (χ4v) is 2.81. The van der Waals surface area contributed by atoms with E-state index in [1.165, 1.54) is 11.3 Å². The predicted molar refractivity (Wildman–Crippen MR) is 73.8 cm³/mol.